The Morgan fingerprint density at radius 1 is 1.21 bits per heavy atom. The largest absolute Gasteiger partial charge is 0.487 e. The van der Waals surface area contributed by atoms with Crippen LogP contribution in [0.4, 0.5) is 0 Å². The number of benzene rings is 2. The Labute approximate surface area is 171 Å². The van der Waals surface area contributed by atoms with Gasteiger partial charge < -0.3 is 10.1 Å². The third kappa shape index (κ3) is 4.67. The van der Waals surface area contributed by atoms with Gasteiger partial charge in [-0.15, -0.1) is 11.3 Å². The standard InChI is InChI=1S/C21H19N5O2S/c1-14-23-20(26-25-14)19(15-6-3-2-4-7-15)24-21(27)16-8-5-9-18(10-16)28-11-17-12-29-13-22-17/h2-10,12-13,19H,11H2,1H3,(H,24,27)(H,23,25,26). The van der Waals surface area contributed by atoms with Crippen molar-refractivity contribution in [3.63, 3.8) is 0 Å². The van der Waals surface area contributed by atoms with Gasteiger partial charge in [-0.3, -0.25) is 9.89 Å². The van der Waals surface area contributed by atoms with Crippen LogP contribution in [0.15, 0.2) is 65.5 Å². The molecule has 0 radical (unpaired) electrons. The molecule has 4 rings (SSSR count). The zero-order chi connectivity index (χ0) is 20.1. The number of amides is 1. The molecule has 29 heavy (non-hydrogen) atoms. The molecule has 0 aliphatic carbocycles. The van der Waals surface area contributed by atoms with E-state index in [-0.39, 0.29) is 5.91 Å². The van der Waals surface area contributed by atoms with E-state index in [0.717, 1.165) is 11.3 Å². The first-order valence-electron chi connectivity index (χ1n) is 9.03. The lowest BCUT2D eigenvalue weighted by atomic mass is 10.1. The van der Waals surface area contributed by atoms with E-state index in [4.69, 9.17) is 4.74 Å². The topological polar surface area (TPSA) is 92.8 Å². The molecule has 7 nitrogen and oxygen atoms in total. The van der Waals surface area contributed by atoms with Gasteiger partial charge in [-0.25, -0.2) is 9.97 Å². The Bertz CT molecular complexity index is 1080. The molecule has 4 aromatic rings. The van der Waals surface area contributed by atoms with Crippen molar-refractivity contribution in [1.82, 2.24) is 25.5 Å². The molecule has 2 aromatic heterocycles. The number of aryl methyl sites for hydroxylation is 1. The number of hydrogen-bond donors (Lipinski definition) is 2. The number of nitrogens with zero attached hydrogens (tertiary/aromatic N) is 3. The van der Waals surface area contributed by atoms with Crippen molar-refractivity contribution in [3.05, 3.63) is 94.0 Å². The molecule has 0 aliphatic heterocycles. The Morgan fingerprint density at radius 3 is 2.79 bits per heavy atom. The van der Waals surface area contributed by atoms with Gasteiger partial charge in [0.25, 0.3) is 5.91 Å². The number of thiazole rings is 1. The lowest BCUT2D eigenvalue weighted by molar-refractivity contribution is 0.0941. The van der Waals surface area contributed by atoms with Crippen LogP contribution in [0.1, 0.15) is 39.3 Å². The molecule has 2 N–H and O–H groups in total. The van der Waals surface area contributed by atoms with Gasteiger partial charge in [0.15, 0.2) is 5.82 Å². The fourth-order valence-corrected chi connectivity index (χ4v) is 3.38. The van der Waals surface area contributed by atoms with Crippen molar-refractivity contribution in [2.75, 3.05) is 0 Å². The quantitative estimate of drug-likeness (QED) is 0.489. The van der Waals surface area contributed by atoms with Crippen molar-refractivity contribution >= 4 is 17.2 Å². The fraction of sp³-hybridized carbons (Fsp3) is 0.143. The predicted molar refractivity (Wildman–Crippen MR) is 110 cm³/mol. The van der Waals surface area contributed by atoms with Gasteiger partial charge in [0.05, 0.1) is 11.2 Å². The number of rotatable bonds is 7. The van der Waals surface area contributed by atoms with E-state index in [1.165, 1.54) is 11.3 Å². The molecule has 1 amide bonds. The first-order chi connectivity index (χ1) is 14.2. The minimum absolute atomic E-state index is 0.236. The Hall–Kier alpha value is -3.52. The number of carbonyl (C=O) groups excluding carboxylic acids is 1. The Kier molecular flexibility index (Phi) is 5.62. The second-order valence-corrected chi connectivity index (χ2v) is 7.11. The van der Waals surface area contributed by atoms with Gasteiger partial charge in [-0.2, -0.15) is 5.10 Å². The van der Waals surface area contributed by atoms with Crippen LogP contribution in [0.2, 0.25) is 0 Å². The fourth-order valence-electron chi connectivity index (χ4n) is 2.84. The maximum absolute atomic E-state index is 13.0. The Morgan fingerprint density at radius 2 is 2.07 bits per heavy atom. The molecule has 1 unspecified atom stereocenters. The van der Waals surface area contributed by atoms with Crippen molar-refractivity contribution in [3.8, 4) is 5.75 Å². The number of nitrogens with one attached hydrogen (secondary N) is 2. The number of ether oxygens (including phenoxy) is 1. The van der Waals surface area contributed by atoms with Crippen LogP contribution < -0.4 is 10.1 Å². The lowest BCUT2D eigenvalue weighted by Crippen LogP contribution is -2.30. The van der Waals surface area contributed by atoms with Crippen LogP contribution in [-0.2, 0) is 6.61 Å². The molecule has 0 aliphatic rings. The van der Waals surface area contributed by atoms with Crippen LogP contribution in [0.25, 0.3) is 0 Å². The smallest absolute Gasteiger partial charge is 0.252 e. The molecule has 0 saturated carbocycles. The summed E-state index contributed by atoms with van der Waals surface area (Å²) in [7, 11) is 0. The van der Waals surface area contributed by atoms with Gasteiger partial charge in [-0.1, -0.05) is 36.4 Å². The molecule has 0 bridgehead atoms. The summed E-state index contributed by atoms with van der Waals surface area (Å²) in [6, 6.07) is 16.2. The number of aromatic nitrogens is 4. The average Bonchev–Trinajstić information content (AvgIpc) is 3.43. The molecule has 2 aromatic carbocycles. The zero-order valence-corrected chi connectivity index (χ0v) is 16.5. The van der Waals surface area contributed by atoms with Crippen LogP contribution in [-0.4, -0.2) is 26.1 Å². The number of hydrogen-bond acceptors (Lipinski definition) is 6. The molecular formula is C21H19N5O2S. The zero-order valence-electron chi connectivity index (χ0n) is 15.7. The lowest BCUT2D eigenvalue weighted by Gasteiger charge is -2.16. The first kappa shape index (κ1) is 18.8. The summed E-state index contributed by atoms with van der Waals surface area (Å²) in [5, 5.41) is 12.0. The third-order valence-electron chi connectivity index (χ3n) is 4.25. The van der Waals surface area contributed by atoms with E-state index in [1.54, 1.807) is 23.7 Å². The van der Waals surface area contributed by atoms with Gasteiger partial charge in [0, 0.05) is 10.9 Å². The van der Waals surface area contributed by atoms with Crippen molar-refractivity contribution in [1.29, 1.82) is 0 Å². The van der Waals surface area contributed by atoms with Crippen LogP contribution in [0.5, 0.6) is 5.75 Å². The molecule has 1 atom stereocenters. The number of H-pyrrole nitrogens is 1. The van der Waals surface area contributed by atoms with Gasteiger partial charge in [0.1, 0.15) is 24.2 Å². The van der Waals surface area contributed by atoms with E-state index in [1.807, 2.05) is 48.7 Å². The highest BCUT2D eigenvalue weighted by Crippen LogP contribution is 2.21. The number of carbonyl (C=O) groups is 1. The summed E-state index contributed by atoms with van der Waals surface area (Å²) in [4.78, 5) is 21.5. The van der Waals surface area contributed by atoms with Crippen LogP contribution in [0, 0.1) is 6.92 Å². The second kappa shape index (κ2) is 8.66. The first-order valence-corrected chi connectivity index (χ1v) is 9.98. The van der Waals surface area contributed by atoms with Gasteiger partial charge in [0.2, 0.25) is 0 Å². The average molecular weight is 405 g/mol. The Balaban J connectivity index is 1.52. The minimum Gasteiger partial charge on any atom is -0.487 e. The predicted octanol–water partition coefficient (Wildman–Crippen LogP) is 3.67. The highest BCUT2D eigenvalue weighted by molar-refractivity contribution is 7.07. The highest BCUT2D eigenvalue weighted by Gasteiger charge is 2.21. The minimum atomic E-state index is -0.465. The SMILES string of the molecule is Cc1nc(C(NC(=O)c2cccc(OCc3cscn3)c2)c2ccccc2)n[nH]1. The molecule has 0 fully saturated rings. The normalized spacial score (nSPS) is 11.8. The van der Waals surface area contributed by atoms with Gasteiger partial charge in [-0.05, 0) is 30.7 Å². The summed E-state index contributed by atoms with van der Waals surface area (Å²) >= 11 is 1.52. The summed E-state index contributed by atoms with van der Waals surface area (Å²) in [5.74, 6) is 1.57. The van der Waals surface area contributed by atoms with E-state index in [0.29, 0.717) is 29.6 Å². The van der Waals surface area contributed by atoms with Crippen molar-refractivity contribution in [2.45, 2.75) is 19.6 Å². The highest BCUT2D eigenvalue weighted by atomic mass is 32.1. The summed E-state index contributed by atoms with van der Waals surface area (Å²) < 4.78 is 5.75. The maximum Gasteiger partial charge on any atom is 0.252 e. The van der Waals surface area contributed by atoms with Crippen molar-refractivity contribution in [2.24, 2.45) is 0 Å². The number of aromatic amines is 1. The molecule has 146 valence electrons. The molecular weight excluding hydrogens is 386 g/mol. The molecule has 0 spiro atoms. The van der Waals surface area contributed by atoms with Crippen LogP contribution in [0.3, 0.4) is 0 Å². The molecule has 8 heteroatoms. The summed E-state index contributed by atoms with van der Waals surface area (Å²) in [6.07, 6.45) is 0. The van der Waals surface area contributed by atoms with E-state index < -0.39 is 6.04 Å². The van der Waals surface area contributed by atoms with E-state index in [9.17, 15) is 4.79 Å². The van der Waals surface area contributed by atoms with E-state index in [2.05, 4.69) is 25.5 Å². The molecule has 2 heterocycles. The summed E-state index contributed by atoms with van der Waals surface area (Å²) in [6.45, 7) is 2.18. The maximum atomic E-state index is 13.0. The van der Waals surface area contributed by atoms with Crippen LogP contribution >= 0.6 is 11.3 Å². The summed E-state index contributed by atoms with van der Waals surface area (Å²) in [5.41, 5.74) is 4.01. The second-order valence-electron chi connectivity index (χ2n) is 6.39. The third-order valence-corrected chi connectivity index (χ3v) is 4.88. The van der Waals surface area contributed by atoms with Crippen molar-refractivity contribution < 1.29 is 9.53 Å². The monoisotopic (exact) mass is 405 g/mol. The van der Waals surface area contributed by atoms with E-state index >= 15 is 0 Å². The molecule has 0 saturated heterocycles. The van der Waals surface area contributed by atoms with Gasteiger partial charge >= 0.3 is 0 Å².